The standard InChI is InChI=1S/C34H25Cl3N2O5/c1-17-4-3-5-24-30(17)33(42)39(32(24)41)21-9-6-19(7-10-21)28-15-25(22-12-13-26(36)18(2)31(22)38-28)34(43)44-16-29(40)23-11-8-20(35)14-27(23)37/h3-4,6-15,17,24,30H,5,16H2,1-2H3. The van der Waals surface area contributed by atoms with E-state index in [-0.39, 0.29) is 45.7 Å². The van der Waals surface area contributed by atoms with Crippen molar-refractivity contribution in [2.24, 2.45) is 17.8 Å². The predicted octanol–water partition coefficient (Wildman–Crippen LogP) is 7.91. The fourth-order valence-electron chi connectivity index (χ4n) is 5.91. The number of anilines is 1. The van der Waals surface area contributed by atoms with Crippen molar-refractivity contribution in [2.75, 3.05) is 11.5 Å². The number of aromatic nitrogens is 1. The van der Waals surface area contributed by atoms with E-state index >= 15 is 0 Å². The highest BCUT2D eigenvalue weighted by Crippen LogP contribution is 2.41. The number of carbonyl (C=O) groups is 4. The molecule has 7 nitrogen and oxygen atoms in total. The van der Waals surface area contributed by atoms with Gasteiger partial charge in [0.25, 0.3) is 0 Å². The maximum absolute atomic E-state index is 13.4. The molecule has 44 heavy (non-hydrogen) atoms. The highest BCUT2D eigenvalue weighted by Gasteiger charge is 2.50. The van der Waals surface area contributed by atoms with Crippen LogP contribution in [-0.2, 0) is 14.3 Å². The van der Waals surface area contributed by atoms with E-state index < -0.39 is 18.4 Å². The quantitative estimate of drug-likeness (QED) is 0.0914. The molecule has 0 radical (unpaired) electrons. The molecule has 10 heteroatoms. The van der Waals surface area contributed by atoms with Crippen LogP contribution in [0.15, 0.2) is 72.8 Å². The number of aryl methyl sites for hydroxylation is 1. The Morgan fingerprint density at radius 1 is 0.932 bits per heavy atom. The Morgan fingerprint density at radius 3 is 2.39 bits per heavy atom. The van der Waals surface area contributed by atoms with Crippen LogP contribution < -0.4 is 4.90 Å². The molecule has 2 aliphatic rings. The number of pyridine rings is 1. The largest absolute Gasteiger partial charge is 0.454 e. The van der Waals surface area contributed by atoms with Crippen molar-refractivity contribution in [2.45, 2.75) is 20.3 Å². The molecule has 1 aliphatic heterocycles. The summed E-state index contributed by atoms with van der Waals surface area (Å²) < 4.78 is 5.44. The predicted molar refractivity (Wildman–Crippen MR) is 170 cm³/mol. The van der Waals surface area contributed by atoms with Gasteiger partial charge in [0.1, 0.15) is 0 Å². The van der Waals surface area contributed by atoms with Crippen LogP contribution in [0.25, 0.3) is 22.2 Å². The van der Waals surface area contributed by atoms with Crippen molar-refractivity contribution < 1.29 is 23.9 Å². The van der Waals surface area contributed by atoms with Gasteiger partial charge in [-0.3, -0.25) is 19.3 Å². The van der Waals surface area contributed by atoms with Crippen molar-refractivity contribution in [1.82, 2.24) is 4.98 Å². The number of hydrogen-bond acceptors (Lipinski definition) is 6. The van der Waals surface area contributed by atoms with E-state index in [9.17, 15) is 19.2 Å². The average Bonchev–Trinajstić information content (AvgIpc) is 3.27. The SMILES string of the molecule is Cc1c(Cl)ccc2c(C(=O)OCC(=O)c3ccc(Cl)cc3Cl)cc(-c3ccc(N4C(=O)C5CC=CC(C)C5C4=O)cc3)nc12. The lowest BCUT2D eigenvalue weighted by molar-refractivity contribution is -0.122. The Labute approximate surface area is 268 Å². The summed E-state index contributed by atoms with van der Waals surface area (Å²) in [7, 11) is 0. The van der Waals surface area contributed by atoms with Crippen LogP contribution in [0.1, 0.15) is 39.6 Å². The second-order valence-electron chi connectivity index (χ2n) is 11.0. The highest BCUT2D eigenvalue weighted by molar-refractivity contribution is 6.37. The summed E-state index contributed by atoms with van der Waals surface area (Å²) in [6, 6.07) is 16.3. The molecule has 6 rings (SSSR count). The zero-order valence-electron chi connectivity index (χ0n) is 23.6. The maximum Gasteiger partial charge on any atom is 0.339 e. The van der Waals surface area contributed by atoms with E-state index in [2.05, 4.69) is 0 Å². The van der Waals surface area contributed by atoms with Gasteiger partial charge in [-0.1, -0.05) is 72.1 Å². The average molecular weight is 648 g/mol. The molecule has 0 spiro atoms. The topological polar surface area (TPSA) is 93.6 Å². The number of carbonyl (C=O) groups excluding carboxylic acids is 4. The van der Waals surface area contributed by atoms with Crippen molar-refractivity contribution in [3.63, 3.8) is 0 Å². The van der Waals surface area contributed by atoms with Gasteiger partial charge in [-0.25, -0.2) is 9.78 Å². The molecule has 3 aromatic carbocycles. The molecule has 1 fully saturated rings. The zero-order valence-corrected chi connectivity index (χ0v) is 25.9. The van der Waals surface area contributed by atoms with Crippen LogP contribution in [-0.4, -0.2) is 35.2 Å². The molecular weight excluding hydrogens is 623 g/mol. The van der Waals surface area contributed by atoms with Gasteiger partial charge in [-0.2, -0.15) is 0 Å². The van der Waals surface area contributed by atoms with Gasteiger partial charge < -0.3 is 4.74 Å². The normalized spacial score (nSPS) is 19.4. The number of amides is 2. The first-order valence-electron chi connectivity index (χ1n) is 13.9. The Bertz CT molecular complexity index is 1900. The summed E-state index contributed by atoms with van der Waals surface area (Å²) in [6.07, 6.45) is 4.51. The van der Waals surface area contributed by atoms with Crippen molar-refractivity contribution in [1.29, 1.82) is 0 Å². The molecule has 1 aliphatic carbocycles. The van der Waals surface area contributed by atoms with E-state index in [4.69, 9.17) is 44.5 Å². The first kappa shape index (κ1) is 30.0. The zero-order chi connectivity index (χ0) is 31.3. The highest BCUT2D eigenvalue weighted by atomic mass is 35.5. The summed E-state index contributed by atoms with van der Waals surface area (Å²) in [5.41, 5.74) is 3.10. The second kappa shape index (κ2) is 11.8. The molecule has 2 amide bonds. The smallest absolute Gasteiger partial charge is 0.339 e. The number of ether oxygens (including phenoxy) is 1. The van der Waals surface area contributed by atoms with Gasteiger partial charge in [0.15, 0.2) is 6.61 Å². The summed E-state index contributed by atoms with van der Waals surface area (Å²) in [5, 5.41) is 1.52. The fourth-order valence-corrected chi connectivity index (χ4v) is 6.57. The number of ketones is 1. The van der Waals surface area contributed by atoms with Crippen LogP contribution in [0, 0.1) is 24.7 Å². The molecule has 222 valence electrons. The van der Waals surface area contributed by atoms with Crippen LogP contribution in [0.3, 0.4) is 0 Å². The number of esters is 1. The van der Waals surface area contributed by atoms with Crippen LogP contribution in [0.4, 0.5) is 5.69 Å². The van der Waals surface area contributed by atoms with Crippen LogP contribution >= 0.6 is 34.8 Å². The number of imide groups is 1. The van der Waals surface area contributed by atoms with E-state index in [1.807, 2.05) is 19.1 Å². The number of benzene rings is 3. The number of Topliss-reactive ketones (excluding diaryl/α,β-unsaturated/α-hetero) is 1. The first-order valence-corrected chi connectivity index (χ1v) is 15.1. The first-order chi connectivity index (χ1) is 21.0. The Balaban J connectivity index is 1.31. The minimum absolute atomic E-state index is 0.0111. The van der Waals surface area contributed by atoms with Gasteiger partial charge in [-0.15, -0.1) is 0 Å². The van der Waals surface area contributed by atoms with Crippen molar-refractivity contribution >= 4 is 75.0 Å². The van der Waals surface area contributed by atoms with E-state index in [1.165, 1.54) is 23.1 Å². The van der Waals surface area contributed by atoms with E-state index in [1.54, 1.807) is 49.4 Å². The number of rotatable bonds is 6. The van der Waals surface area contributed by atoms with Crippen LogP contribution in [0.5, 0.6) is 0 Å². The van der Waals surface area contributed by atoms with E-state index in [0.717, 1.165) is 0 Å². The molecule has 0 N–H and O–H groups in total. The summed E-state index contributed by atoms with van der Waals surface area (Å²) in [5.74, 6) is -2.33. The molecule has 0 saturated carbocycles. The molecule has 4 aromatic rings. The Kier molecular flexibility index (Phi) is 8.05. The number of nitrogens with zero attached hydrogens (tertiary/aromatic N) is 2. The lowest BCUT2D eigenvalue weighted by Gasteiger charge is -2.22. The third-order valence-electron chi connectivity index (χ3n) is 8.25. The molecular formula is C34H25Cl3N2O5. The minimum atomic E-state index is -0.728. The van der Waals surface area contributed by atoms with Crippen molar-refractivity contribution in [3.05, 3.63) is 105 Å². The Morgan fingerprint density at radius 2 is 1.68 bits per heavy atom. The molecule has 2 heterocycles. The number of hydrogen-bond donors (Lipinski definition) is 0. The number of allylic oxidation sites excluding steroid dienone is 2. The molecule has 3 unspecified atom stereocenters. The molecule has 0 bridgehead atoms. The fraction of sp³-hybridized carbons (Fsp3) is 0.206. The van der Waals surface area contributed by atoms with Gasteiger partial charge in [0, 0.05) is 26.6 Å². The van der Waals surface area contributed by atoms with Gasteiger partial charge >= 0.3 is 5.97 Å². The van der Waals surface area contributed by atoms with Crippen LogP contribution in [0.2, 0.25) is 15.1 Å². The van der Waals surface area contributed by atoms with Gasteiger partial charge in [0.2, 0.25) is 17.6 Å². The molecule has 1 aromatic heterocycles. The van der Waals surface area contributed by atoms with Gasteiger partial charge in [-0.05, 0) is 67.3 Å². The number of halogens is 3. The maximum atomic E-state index is 13.4. The minimum Gasteiger partial charge on any atom is -0.454 e. The van der Waals surface area contributed by atoms with Crippen molar-refractivity contribution in [3.8, 4) is 11.3 Å². The molecule has 3 atom stereocenters. The number of fused-ring (bicyclic) bond motifs is 2. The third kappa shape index (κ3) is 5.30. The second-order valence-corrected chi connectivity index (χ2v) is 12.2. The Hall–Kier alpha value is -4.04. The lowest BCUT2D eigenvalue weighted by Crippen LogP contribution is -2.31. The monoisotopic (exact) mass is 646 g/mol. The summed E-state index contributed by atoms with van der Waals surface area (Å²) >= 11 is 18.5. The third-order valence-corrected chi connectivity index (χ3v) is 9.21. The van der Waals surface area contributed by atoms with E-state index in [0.29, 0.717) is 49.9 Å². The summed E-state index contributed by atoms with van der Waals surface area (Å²) in [6.45, 7) is 3.22. The molecule has 1 saturated heterocycles. The summed E-state index contributed by atoms with van der Waals surface area (Å²) in [4.78, 5) is 58.6. The lowest BCUT2D eigenvalue weighted by atomic mass is 9.78. The van der Waals surface area contributed by atoms with Gasteiger partial charge in [0.05, 0.1) is 39.3 Å².